The molecule has 1 aliphatic rings. The summed E-state index contributed by atoms with van der Waals surface area (Å²) < 4.78 is 13.2. The van der Waals surface area contributed by atoms with E-state index in [4.69, 9.17) is 0 Å². The molecule has 88 valence electrons. The zero-order valence-electron chi connectivity index (χ0n) is 10.3. The summed E-state index contributed by atoms with van der Waals surface area (Å²) in [5, 5.41) is 0. The summed E-state index contributed by atoms with van der Waals surface area (Å²) in [6.45, 7) is 7.80. The maximum Gasteiger partial charge on any atom is 0.123 e. The van der Waals surface area contributed by atoms with Crippen molar-refractivity contribution in [3.63, 3.8) is 0 Å². The van der Waals surface area contributed by atoms with E-state index >= 15 is 0 Å². The molecule has 0 amide bonds. The van der Waals surface area contributed by atoms with Crippen LogP contribution in [0, 0.1) is 5.82 Å². The highest BCUT2D eigenvalue weighted by Crippen LogP contribution is 2.37. The molecular weight excluding hydrogens is 201 g/mol. The van der Waals surface area contributed by atoms with Crippen molar-refractivity contribution in [2.75, 3.05) is 6.54 Å². The molecule has 0 aliphatic carbocycles. The summed E-state index contributed by atoms with van der Waals surface area (Å²) >= 11 is 0. The lowest BCUT2D eigenvalue weighted by molar-refractivity contribution is 0.121. The Morgan fingerprint density at radius 1 is 1.31 bits per heavy atom. The summed E-state index contributed by atoms with van der Waals surface area (Å²) in [4.78, 5) is 2.47. The molecule has 1 fully saturated rings. The van der Waals surface area contributed by atoms with Crippen LogP contribution in [-0.4, -0.2) is 17.0 Å². The molecular formula is C14H20FN. The largest absolute Gasteiger partial charge is 0.291 e. The lowest BCUT2D eigenvalue weighted by Crippen LogP contribution is -2.40. The van der Waals surface area contributed by atoms with Crippen molar-refractivity contribution >= 4 is 0 Å². The van der Waals surface area contributed by atoms with Gasteiger partial charge in [-0.2, -0.15) is 0 Å². The second-order valence-electron chi connectivity index (χ2n) is 5.58. The number of benzene rings is 1. The van der Waals surface area contributed by atoms with Gasteiger partial charge in [0.2, 0.25) is 0 Å². The van der Waals surface area contributed by atoms with Crippen molar-refractivity contribution in [2.45, 2.75) is 45.2 Å². The highest BCUT2D eigenvalue weighted by Gasteiger charge is 2.33. The smallest absolute Gasteiger partial charge is 0.123 e. The third-order valence-corrected chi connectivity index (χ3v) is 3.35. The zero-order valence-corrected chi connectivity index (χ0v) is 10.3. The van der Waals surface area contributed by atoms with Gasteiger partial charge in [0.1, 0.15) is 5.82 Å². The lowest BCUT2D eigenvalue weighted by Gasteiger charge is -2.37. The van der Waals surface area contributed by atoms with Crippen LogP contribution in [0.3, 0.4) is 0 Å². The second kappa shape index (κ2) is 4.17. The van der Waals surface area contributed by atoms with Crippen LogP contribution in [-0.2, 0) is 0 Å². The maximum atomic E-state index is 13.2. The van der Waals surface area contributed by atoms with Crippen LogP contribution in [0.5, 0.6) is 0 Å². The van der Waals surface area contributed by atoms with Gasteiger partial charge in [-0.1, -0.05) is 12.1 Å². The average molecular weight is 221 g/mol. The Balaban J connectivity index is 2.27. The van der Waals surface area contributed by atoms with Gasteiger partial charge in [-0.05, 0) is 57.9 Å². The van der Waals surface area contributed by atoms with Crippen molar-refractivity contribution in [1.29, 1.82) is 0 Å². The fraction of sp³-hybridized carbons (Fsp3) is 0.571. The van der Waals surface area contributed by atoms with Gasteiger partial charge in [0, 0.05) is 11.6 Å². The Morgan fingerprint density at radius 3 is 2.69 bits per heavy atom. The Kier molecular flexibility index (Phi) is 3.02. The second-order valence-corrected chi connectivity index (χ2v) is 5.58. The van der Waals surface area contributed by atoms with Crippen molar-refractivity contribution in [2.24, 2.45) is 0 Å². The van der Waals surface area contributed by atoms with Crippen molar-refractivity contribution in [1.82, 2.24) is 4.90 Å². The van der Waals surface area contributed by atoms with Gasteiger partial charge < -0.3 is 0 Å². The Hall–Kier alpha value is -0.890. The maximum absolute atomic E-state index is 13.2. The van der Waals surface area contributed by atoms with Gasteiger partial charge >= 0.3 is 0 Å². The molecule has 0 radical (unpaired) electrons. The molecule has 1 saturated heterocycles. The minimum atomic E-state index is -0.127. The van der Waals surface area contributed by atoms with E-state index < -0.39 is 0 Å². The van der Waals surface area contributed by atoms with E-state index in [-0.39, 0.29) is 11.4 Å². The Morgan fingerprint density at radius 2 is 2.06 bits per heavy atom. The predicted octanol–water partition coefficient (Wildman–Crippen LogP) is 3.76. The zero-order chi connectivity index (χ0) is 11.8. The predicted molar refractivity (Wildman–Crippen MR) is 64.8 cm³/mol. The molecule has 0 saturated carbocycles. The Labute approximate surface area is 97.3 Å². The molecule has 1 aromatic rings. The number of hydrogen-bond acceptors (Lipinski definition) is 1. The summed E-state index contributed by atoms with van der Waals surface area (Å²) in [7, 11) is 0. The topological polar surface area (TPSA) is 3.24 Å². The van der Waals surface area contributed by atoms with E-state index in [1.807, 2.05) is 12.1 Å². The van der Waals surface area contributed by atoms with E-state index in [1.54, 1.807) is 6.07 Å². The quantitative estimate of drug-likeness (QED) is 0.698. The summed E-state index contributed by atoms with van der Waals surface area (Å²) in [6.07, 6.45) is 2.35. The van der Waals surface area contributed by atoms with E-state index in [9.17, 15) is 4.39 Å². The molecule has 0 aromatic heterocycles. The van der Waals surface area contributed by atoms with Crippen LogP contribution >= 0.6 is 0 Å². The van der Waals surface area contributed by atoms with E-state index in [2.05, 4.69) is 25.7 Å². The third kappa shape index (κ3) is 2.27. The summed E-state index contributed by atoms with van der Waals surface area (Å²) in [6, 6.07) is 7.42. The van der Waals surface area contributed by atoms with Crippen molar-refractivity contribution < 1.29 is 4.39 Å². The minimum Gasteiger partial charge on any atom is -0.291 e. The van der Waals surface area contributed by atoms with Crippen molar-refractivity contribution in [3.05, 3.63) is 35.6 Å². The molecule has 1 aliphatic heterocycles. The first-order valence-corrected chi connectivity index (χ1v) is 6.01. The monoisotopic (exact) mass is 221 g/mol. The summed E-state index contributed by atoms with van der Waals surface area (Å²) in [5.74, 6) is -0.127. The van der Waals surface area contributed by atoms with Crippen LogP contribution in [0.4, 0.5) is 4.39 Å². The molecule has 0 N–H and O–H groups in total. The normalized spacial score (nSPS) is 22.6. The van der Waals surface area contributed by atoms with Gasteiger partial charge in [-0.25, -0.2) is 4.39 Å². The molecule has 0 spiro atoms. The molecule has 1 aromatic carbocycles. The van der Waals surface area contributed by atoms with Crippen LogP contribution in [0.2, 0.25) is 0 Å². The number of hydrogen-bond donors (Lipinski definition) is 0. The first-order chi connectivity index (χ1) is 7.48. The Bertz CT molecular complexity index is 367. The third-order valence-electron chi connectivity index (χ3n) is 3.35. The SMILES string of the molecule is CC(C)(C)N1CCCC1c1cccc(F)c1. The molecule has 16 heavy (non-hydrogen) atoms. The van der Waals surface area contributed by atoms with Crippen LogP contribution in [0.25, 0.3) is 0 Å². The minimum absolute atomic E-state index is 0.127. The average Bonchev–Trinajstić information content (AvgIpc) is 2.65. The number of rotatable bonds is 1. The number of halogens is 1. The van der Waals surface area contributed by atoms with E-state index in [0.717, 1.165) is 18.5 Å². The van der Waals surface area contributed by atoms with Gasteiger partial charge in [0.25, 0.3) is 0 Å². The molecule has 2 heteroatoms. The van der Waals surface area contributed by atoms with Crippen LogP contribution in [0.15, 0.2) is 24.3 Å². The summed E-state index contributed by atoms with van der Waals surface area (Å²) in [5.41, 5.74) is 1.28. The standard InChI is InChI=1S/C14H20FN/c1-14(2,3)16-9-5-8-13(16)11-6-4-7-12(15)10-11/h4,6-7,10,13H,5,8-9H2,1-3H3. The molecule has 2 rings (SSSR count). The first-order valence-electron chi connectivity index (χ1n) is 6.01. The lowest BCUT2D eigenvalue weighted by atomic mass is 9.99. The van der Waals surface area contributed by atoms with E-state index in [1.165, 1.54) is 12.5 Å². The molecule has 1 atom stereocenters. The van der Waals surface area contributed by atoms with Crippen LogP contribution < -0.4 is 0 Å². The highest BCUT2D eigenvalue weighted by atomic mass is 19.1. The highest BCUT2D eigenvalue weighted by molar-refractivity contribution is 5.21. The van der Waals surface area contributed by atoms with E-state index in [0.29, 0.717) is 6.04 Å². The van der Waals surface area contributed by atoms with Crippen LogP contribution in [0.1, 0.15) is 45.2 Å². The van der Waals surface area contributed by atoms with Gasteiger partial charge in [0.15, 0.2) is 0 Å². The molecule has 1 unspecified atom stereocenters. The first kappa shape index (κ1) is 11.6. The number of likely N-dealkylation sites (tertiary alicyclic amines) is 1. The molecule has 0 bridgehead atoms. The van der Waals surface area contributed by atoms with Gasteiger partial charge in [-0.15, -0.1) is 0 Å². The van der Waals surface area contributed by atoms with Gasteiger partial charge in [0.05, 0.1) is 0 Å². The fourth-order valence-corrected chi connectivity index (χ4v) is 2.63. The fourth-order valence-electron chi connectivity index (χ4n) is 2.63. The van der Waals surface area contributed by atoms with Crippen molar-refractivity contribution in [3.8, 4) is 0 Å². The molecule has 1 heterocycles. The molecule has 1 nitrogen and oxygen atoms in total. The van der Waals surface area contributed by atoms with Gasteiger partial charge in [-0.3, -0.25) is 4.90 Å². The number of nitrogens with zero attached hydrogens (tertiary/aromatic N) is 1.